The predicted molar refractivity (Wildman–Crippen MR) is 122 cm³/mol. The van der Waals surface area contributed by atoms with Gasteiger partial charge in [0.1, 0.15) is 11.6 Å². The van der Waals surface area contributed by atoms with E-state index in [0.29, 0.717) is 11.5 Å². The molecule has 0 fully saturated rings. The molecule has 33 heavy (non-hydrogen) atoms. The van der Waals surface area contributed by atoms with Crippen molar-refractivity contribution < 1.29 is 18.7 Å². The third kappa shape index (κ3) is 5.56. The molecule has 0 saturated heterocycles. The summed E-state index contributed by atoms with van der Waals surface area (Å²) in [5.41, 5.74) is 1.55. The zero-order valence-corrected chi connectivity index (χ0v) is 17.4. The smallest absolute Gasteiger partial charge is 0.262 e. The van der Waals surface area contributed by atoms with Crippen LogP contribution in [0.4, 0.5) is 15.8 Å². The highest BCUT2D eigenvalue weighted by Crippen LogP contribution is 2.21. The molecule has 0 saturated carbocycles. The number of benzene rings is 3. The zero-order chi connectivity index (χ0) is 23.0. The molecule has 3 aromatic carbocycles. The number of hydrogen-bond donors (Lipinski definition) is 2. The number of carbonyl (C=O) groups is 2. The zero-order valence-electron chi connectivity index (χ0n) is 17.4. The molecule has 164 valence electrons. The Morgan fingerprint density at radius 2 is 1.48 bits per heavy atom. The molecule has 0 aliphatic heterocycles. The third-order valence-corrected chi connectivity index (χ3v) is 4.58. The second-order valence-electron chi connectivity index (χ2n) is 6.93. The Hall–Kier alpha value is -4.59. The molecular formula is C25H19FN4O3. The van der Waals surface area contributed by atoms with E-state index < -0.39 is 24.2 Å². The van der Waals surface area contributed by atoms with Crippen molar-refractivity contribution in [2.45, 2.75) is 0 Å². The SMILES string of the molecule is O=C(COc1ccccc1C(=O)Nc1cnc(-c2ccccc2)nc1)Nc1ccccc1F. The van der Waals surface area contributed by atoms with Crippen LogP contribution in [0, 0.1) is 5.82 Å². The van der Waals surface area contributed by atoms with Crippen molar-refractivity contribution in [2.24, 2.45) is 0 Å². The molecule has 0 aliphatic carbocycles. The van der Waals surface area contributed by atoms with Gasteiger partial charge in [0.25, 0.3) is 11.8 Å². The van der Waals surface area contributed by atoms with Crippen LogP contribution in [0.2, 0.25) is 0 Å². The summed E-state index contributed by atoms with van der Waals surface area (Å²) in [6, 6.07) is 21.8. The average molecular weight is 442 g/mol. The number of hydrogen-bond acceptors (Lipinski definition) is 5. The van der Waals surface area contributed by atoms with Crippen LogP contribution in [0.1, 0.15) is 10.4 Å². The molecule has 0 radical (unpaired) electrons. The van der Waals surface area contributed by atoms with Crippen molar-refractivity contribution in [3.63, 3.8) is 0 Å². The quantitative estimate of drug-likeness (QED) is 0.438. The van der Waals surface area contributed by atoms with Gasteiger partial charge < -0.3 is 15.4 Å². The lowest BCUT2D eigenvalue weighted by molar-refractivity contribution is -0.118. The monoisotopic (exact) mass is 442 g/mol. The van der Waals surface area contributed by atoms with Crippen LogP contribution in [-0.4, -0.2) is 28.4 Å². The maximum atomic E-state index is 13.7. The minimum absolute atomic E-state index is 0.0519. The lowest BCUT2D eigenvalue weighted by Gasteiger charge is -2.12. The van der Waals surface area contributed by atoms with Crippen LogP contribution in [0.3, 0.4) is 0 Å². The standard InChI is InChI=1S/C25H19FN4O3/c26-20-11-5-6-12-21(20)30-23(31)16-33-22-13-7-4-10-19(22)25(32)29-18-14-27-24(28-15-18)17-8-2-1-3-9-17/h1-15H,16H2,(H,29,32)(H,30,31). The number of halogens is 1. The number of anilines is 2. The molecule has 0 unspecified atom stereocenters. The van der Waals surface area contributed by atoms with Gasteiger partial charge in [-0.05, 0) is 24.3 Å². The van der Waals surface area contributed by atoms with Gasteiger partial charge in [-0.1, -0.05) is 54.6 Å². The van der Waals surface area contributed by atoms with E-state index in [4.69, 9.17) is 4.74 Å². The summed E-state index contributed by atoms with van der Waals surface area (Å²) in [6.45, 7) is -0.395. The lowest BCUT2D eigenvalue weighted by Crippen LogP contribution is -2.22. The molecule has 0 bridgehead atoms. The van der Waals surface area contributed by atoms with E-state index in [0.717, 1.165) is 5.56 Å². The summed E-state index contributed by atoms with van der Waals surface area (Å²) in [7, 11) is 0. The van der Waals surface area contributed by atoms with E-state index in [1.165, 1.54) is 30.6 Å². The maximum absolute atomic E-state index is 13.7. The summed E-state index contributed by atoms with van der Waals surface area (Å²) in [4.78, 5) is 33.5. The number of para-hydroxylation sites is 2. The molecule has 0 atom stereocenters. The van der Waals surface area contributed by atoms with Crippen molar-refractivity contribution in [3.8, 4) is 17.1 Å². The second-order valence-corrected chi connectivity index (χ2v) is 6.93. The first-order chi connectivity index (χ1) is 16.1. The maximum Gasteiger partial charge on any atom is 0.262 e. The van der Waals surface area contributed by atoms with Crippen molar-refractivity contribution >= 4 is 23.2 Å². The number of ether oxygens (including phenoxy) is 1. The van der Waals surface area contributed by atoms with Crippen LogP contribution in [0.15, 0.2) is 91.3 Å². The van der Waals surface area contributed by atoms with Crippen LogP contribution in [-0.2, 0) is 4.79 Å². The topological polar surface area (TPSA) is 93.2 Å². The molecule has 0 aliphatic rings. The van der Waals surface area contributed by atoms with Gasteiger partial charge in [0.2, 0.25) is 0 Å². The molecule has 1 heterocycles. The number of aromatic nitrogens is 2. The largest absolute Gasteiger partial charge is 0.483 e. The molecule has 4 rings (SSSR count). The Labute approximate surface area is 189 Å². The number of amides is 2. The fraction of sp³-hybridized carbons (Fsp3) is 0.0400. The summed E-state index contributed by atoms with van der Waals surface area (Å²) >= 11 is 0. The van der Waals surface area contributed by atoms with Gasteiger partial charge in [0, 0.05) is 5.56 Å². The number of rotatable bonds is 7. The van der Waals surface area contributed by atoms with Crippen molar-refractivity contribution in [3.05, 3.63) is 103 Å². The van der Waals surface area contributed by atoms with E-state index in [9.17, 15) is 14.0 Å². The van der Waals surface area contributed by atoms with E-state index in [-0.39, 0.29) is 17.0 Å². The summed E-state index contributed by atoms with van der Waals surface area (Å²) < 4.78 is 19.2. The van der Waals surface area contributed by atoms with E-state index >= 15 is 0 Å². The molecule has 7 nitrogen and oxygen atoms in total. The Balaban J connectivity index is 1.40. The molecular weight excluding hydrogens is 423 g/mol. The Morgan fingerprint density at radius 1 is 0.818 bits per heavy atom. The Bertz CT molecular complexity index is 1260. The van der Waals surface area contributed by atoms with Gasteiger partial charge in [0.15, 0.2) is 12.4 Å². The van der Waals surface area contributed by atoms with Gasteiger partial charge in [-0.3, -0.25) is 9.59 Å². The lowest BCUT2D eigenvalue weighted by atomic mass is 10.2. The third-order valence-electron chi connectivity index (χ3n) is 4.58. The van der Waals surface area contributed by atoms with Crippen molar-refractivity contribution in [2.75, 3.05) is 17.2 Å². The molecule has 2 N–H and O–H groups in total. The highest BCUT2D eigenvalue weighted by atomic mass is 19.1. The second kappa shape index (κ2) is 10.1. The minimum Gasteiger partial charge on any atom is -0.483 e. The number of carbonyl (C=O) groups excluding carboxylic acids is 2. The van der Waals surface area contributed by atoms with Gasteiger partial charge in [-0.25, -0.2) is 14.4 Å². The average Bonchev–Trinajstić information content (AvgIpc) is 2.85. The summed E-state index contributed by atoms with van der Waals surface area (Å²) in [5.74, 6) is -0.804. The molecule has 0 spiro atoms. The minimum atomic E-state index is -0.555. The fourth-order valence-corrected chi connectivity index (χ4v) is 3.00. The van der Waals surface area contributed by atoms with E-state index in [1.807, 2.05) is 30.3 Å². The molecule has 1 aromatic heterocycles. The number of nitrogens with zero attached hydrogens (tertiary/aromatic N) is 2. The van der Waals surface area contributed by atoms with Gasteiger partial charge >= 0.3 is 0 Å². The molecule has 4 aromatic rings. The van der Waals surface area contributed by atoms with Crippen molar-refractivity contribution in [1.82, 2.24) is 9.97 Å². The first-order valence-corrected chi connectivity index (χ1v) is 10.0. The van der Waals surface area contributed by atoms with Gasteiger partial charge in [0.05, 0.1) is 29.3 Å². The highest BCUT2D eigenvalue weighted by molar-refractivity contribution is 6.06. The fourth-order valence-electron chi connectivity index (χ4n) is 3.00. The first kappa shape index (κ1) is 21.6. The van der Waals surface area contributed by atoms with Crippen molar-refractivity contribution in [1.29, 1.82) is 0 Å². The van der Waals surface area contributed by atoms with Crippen LogP contribution in [0.25, 0.3) is 11.4 Å². The van der Waals surface area contributed by atoms with E-state index in [1.54, 1.807) is 30.3 Å². The normalized spacial score (nSPS) is 10.3. The molecule has 2 amide bonds. The highest BCUT2D eigenvalue weighted by Gasteiger charge is 2.15. The summed E-state index contributed by atoms with van der Waals surface area (Å²) in [6.07, 6.45) is 3.02. The molecule has 8 heteroatoms. The Morgan fingerprint density at radius 3 is 2.24 bits per heavy atom. The number of nitrogens with one attached hydrogen (secondary N) is 2. The van der Waals surface area contributed by atoms with Gasteiger partial charge in [-0.15, -0.1) is 0 Å². The first-order valence-electron chi connectivity index (χ1n) is 10.0. The van der Waals surface area contributed by atoms with Crippen LogP contribution in [0.5, 0.6) is 5.75 Å². The predicted octanol–water partition coefficient (Wildman–Crippen LogP) is 4.55. The van der Waals surface area contributed by atoms with Gasteiger partial charge in [-0.2, -0.15) is 0 Å². The van der Waals surface area contributed by atoms with Crippen LogP contribution >= 0.6 is 0 Å². The van der Waals surface area contributed by atoms with E-state index in [2.05, 4.69) is 20.6 Å². The van der Waals surface area contributed by atoms with Crippen LogP contribution < -0.4 is 15.4 Å². The Kier molecular flexibility index (Phi) is 6.65. The summed E-state index contributed by atoms with van der Waals surface area (Å²) in [5, 5.41) is 5.15.